The van der Waals surface area contributed by atoms with Crippen LogP contribution in [0.2, 0.25) is 0 Å². The molecule has 0 radical (unpaired) electrons. The predicted octanol–water partition coefficient (Wildman–Crippen LogP) is 0.650. The first-order valence-corrected chi connectivity index (χ1v) is 9.13. The average molecular weight is 386 g/mol. The number of H-pyrrole nitrogens is 1. The molecule has 1 fully saturated rings. The van der Waals surface area contributed by atoms with E-state index in [0.29, 0.717) is 25.3 Å². The summed E-state index contributed by atoms with van der Waals surface area (Å²) in [4.78, 5) is 28.4. The number of nitrogens with zero attached hydrogens (tertiary/aromatic N) is 3. The summed E-state index contributed by atoms with van der Waals surface area (Å²) >= 11 is 0. The molecule has 3 rings (SSSR count). The van der Waals surface area contributed by atoms with Gasteiger partial charge in [-0.15, -0.1) is 0 Å². The number of hydrogen-bond donors (Lipinski definition) is 3. The molecule has 9 nitrogen and oxygen atoms in total. The van der Waals surface area contributed by atoms with Gasteiger partial charge in [-0.25, -0.2) is 0 Å². The molecule has 2 amide bonds. The lowest BCUT2D eigenvalue weighted by atomic mass is 10.1. The molecule has 0 saturated carbocycles. The molecule has 1 aromatic heterocycles. The van der Waals surface area contributed by atoms with Crippen molar-refractivity contribution in [3.05, 3.63) is 35.7 Å². The van der Waals surface area contributed by atoms with E-state index in [2.05, 4.69) is 20.4 Å². The molecule has 2 heterocycles. The van der Waals surface area contributed by atoms with Gasteiger partial charge in [-0.2, -0.15) is 5.10 Å². The van der Waals surface area contributed by atoms with E-state index in [0.717, 1.165) is 22.8 Å². The van der Waals surface area contributed by atoms with Crippen LogP contribution in [0.1, 0.15) is 11.4 Å². The van der Waals surface area contributed by atoms with E-state index in [1.54, 1.807) is 7.11 Å². The first kappa shape index (κ1) is 19.7. The smallest absolute Gasteiger partial charge is 0.238 e. The number of anilines is 2. The third kappa shape index (κ3) is 4.25. The Kier molecular flexibility index (Phi) is 5.84. The summed E-state index contributed by atoms with van der Waals surface area (Å²) in [5.41, 5.74) is 8.81. The summed E-state index contributed by atoms with van der Waals surface area (Å²) in [7, 11) is 1.62. The average Bonchev–Trinajstić information content (AvgIpc) is 3.00. The number of aryl methyl sites for hydroxylation is 2. The van der Waals surface area contributed by atoms with Gasteiger partial charge >= 0.3 is 0 Å². The minimum absolute atomic E-state index is 0.0914. The van der Waals surface area contributed by atoms with Crippen LogP contribution in [0.15, 0.2) is 24.3 Å². The van der Waals surface area contributed by atoms with Gasteiger partial charge in [0.2, 0.25) is 11.8 Å². The van der Waals surface area contributed by atoms with Gasteiger partial charge < -0.3 is 20.7 Å². The molecule has 1 aliphatic rings. The maximum atomic E-state index is 12.5. The molecule has 9 heteroatoms. The summed E-state index contributed by atoms with van der Waals surface area (Å²) in [6.45, 7) is 5.42. The largest absolute Gasteiger partial charge is 0.497 e. The lowest BCUT2D eigenvalue weighted by Crippen LogP contribution is -2.59. The molecule has 1 aromatic carbocycles. The van der Waals surface area contributed by atoms with Gasteiger partial charge in [-0.05, 0) is 38.1 Å². The normalized spacial score (nSPS) is 17.4. The third-order valence-electron chi connectivity index (χ3n) is 5.00. The van der Waals surface area contributed by atoms with E-state index in [9.17, 15) is 9.59 Å². The minimum Gasteiger partial charge on any atom is -0.497 e. The number of rotatable bonds is 6. The second kappa shape index (κ2) is 8.30. The summed E-state index contributed by atoms with van der Waals surface area (Å²) < 4.78 is 5.18. The molecule has 1 aliphatic heterocycles. The van der Waals surface area contributed by atoms with Crippen LogP contribution >= 0.6 is 0 Å². The Morgan fingerprint density at radius 3 is 2.57 bits per heavy atom. The molecule has 2 aromatic rings. The number of aromatic amines is 1. The molecular formula is C19H26N6O3. The number of benzene rings is 1. The van der Waals surface area contributed by atoms with Crippen LogP contribution in [0.3, 0.4) is 0 Å². The van der Waals surface area contributed by atoms with Crippen LogP contribution in [-0.2, 0) is 9.59 Å². The molecule has 0 unspecified atom stereocenters. The maximum absolute atomic E-state index is 12.5. The second-order valence-corrected chi connectivity index (χ2v) is 6.89. The van der Waals surface area contributed by atoms with E-state index < -0.39 is 11.9 Å². The zero-order valence-electron chi connectivity index (χ0n) is 16.4. The quantitative estimate of drug-likeness (QED) is 0.671. The Balaban J connectivity index is 1.65. The molecule has 1 saturated heterocycles. The molecule has 1 atom stereocenters. The highest BCUT2D eigenvalue weighted by Gasteiger charge is 2.32. The van der Waals surface area contributed by atoms with Crippen molar-refractivity contribution in [2.75, 3.05) is 43.5 Å². The highest BCUT2D eigenvalue weighted by molar-refractivity contribution is 5.94. The number of aromatic nitrogens is 2. The lowest BCUT2D eigenvalue weighted by Gasteiger charge is -2.40. The molecule has 150 valence electrons. The fourth-order valence-corrected chi connectivity index (χ4v) is 3.41. The first-order chi connectivity index (χ1) is 13.4. The predicted molar refractivity (Wildman–Crippen MR) is 106 cm³/mol. The zero-order valence-corrected chi connectivity index (χ0v) is 16.4. The van der Waals surface area contributed by atoms with Crippen LogP contribution in [0, 0.1) is 13.8 Å². The summed E-state index contributed by atoms with van der Waals surface area (Å²) in [6, 6.07) is 7.11. The van der Waals surface area contributed by atoms with Gasteiger partial charge in [-0.3, -0.25) is 19.6 Å². The Labute approximate surface area is 163 Å². The Morgan fingerprint density at radius 2 is 2.00 bits per heavy atom. The lowest BCUT2D eigenvalue weighted by molar-refractivity contribution is -0.125. The summed E-state index contributed by atoms with van der Waals surface area (Å²) in [6.07, 6.45) is 0. The highest BCUT2D eigenvalue weighted by Crippen LogP contribution is 2.22. The number of carbonyl (C=O) groups excluding carboxylic acids is 2. The van der Waals surface area contributed by atoms with Crippen LogP contribution in [-0.4, -0.2) is 66.2 Å². The van der Waals surface area contributed by atoms with E-state index in [1.165, 1.54) is 0 Å². The minimum atomic E-state index is -0.548. The van der Waals surface area contributed by atoms with Crippen molar-refractivity contribution in [2.24, 2.45) is 5.73 Å². The Bertz CT molecular complexity index is 828. The van der Waals surface area contributed by atoms with Crippen molar-refractivity contribution < 1.29 is 14.3 Å². The molecule has 0 spiro atoms. The molecule has 0 aliphatic carbocycles. The molecule has 28 heavy (non-hydrogen) atoms. The fourth-order valence-electron chi connectivity index (χ4n) is 3.41. The van der Waals surface area contributed by atoms with Gasteiger partial charge in [0, 0.05) is 25.3 Å². The zero-order chi connectivity index (χ0) is 20.3. The molecular weight excluding hydrogens is 360 g/mol. The van der Waals surface area contributed by atoms with Gasteiger partial charge in [0.1, 0.15) is 11.8 Å². The number of methoxy groups -OCH3 is 1. The maximum Gasteiger partial charge on any atom is 0.238 e. The van der Waals surface area contributed by atoms with Crippen LogP contribution in [0.25, 0.3) is 0 Å². The standard InChI is InChI=1S/C19H26N6O3/c1-12-18(13(2)23-22-12)21-17(26)11-25-9-8-24(10-16(25)19(20)27)14-4-6-15(28-3)7-5-14/h4-7,16H,8-11H2,1-3H3,(H2,20,27)(H,21,26)(H,22,23)/t16-/m0/s1. The van der Waals surface area contributed by atoms with Crippen molar-refractivity contribution in [3.8, 4) is 5.75 Å². The van der Waals surface area contributed by atoms with Gasteiger partial charge in [0.15, 0.2) is 0 Å². The summed E-state index contributed by atoms with van der Waals surface area (Å²) in [5, 5.41) is 9.78. The number of amides is 2. The third-order valence-corrected chi connectivity index (χ3v) is 5.00. The highest BCUT2D eigenvalue weighted by atomic mass is 16.5. The Hall–Kier alpha value is -3.07. The van der Waals surface area contributed by atoms with Gasteiger partial charge in [-0.1, -0.05) is 0 Å². The van der Waals surface area contributed by atoms with Crippen LogP contribution < -0.4 is 20.7 Å². The van der Waals surface area contributed by atoms with Gasteiger partial charge in [0.25, 0.3) is 0 Å². The topological polar surface area (TPSA) is 117 Å². The number of primary amides is 1. The van der Waals surface area contributed by atoms with Crippen molar-refractivity contribution in [2.45, 2.75) is 19.9 Å². The molecule has 4 N–H and O–H groups in total. The Morgan fingerprint density at radius 1 is 1.29 bits per heavy atom. The number of piperazine rings is 1. The van der Waals surface area contributed by atoms with Crippen molar-refractivity contribution in [3.63, 3.8) is 0 Å². The second-order valence-electron chi connectivity index (χ2n) is 6.89. The van der Waals surface area contributed by atoms with Crippen molar-refractivity contribution in [1.29, 1.82) is 0 Å². The van der Waals surface area contributed by atoms with Crippen LogP contribution in [0.4, 0.5) is 11.4 Å². The first-order valence-electron chi connectivity index (χ1n) is 9.13. The monoisotopic (exact) mass is 386 g/mol. The van der Waals surface area contributed by atoms with E-state index in [-0.39, 0.29) is 12.5 Å². The van der Waals surface area contributed by atoms with E-state index in [1.807, 2.05) is 43.0 Å². The van der Waals surface area contributed by atoms with E-state index >= 15 is 0 Å². The van der Waals surface area contributed by atoms with Crippen molar-refractivity contribution >= 4 is 23.2 Å². The van der Waals surface area contributed by atoms with Crippen molar-refractivity contribution in [1.82, 2.24) is 15.1 Å². The molecule has 0 bridgehead atoms. The SMILES string of the molecule is COc1ccc(N2CCN(CC(=O)Nc3c(C)n[nH]c3C)[C@H](C(N)=O)C2)cc1. The number of hydrogen-bond acceptors (Lipinski definition) is 6. The van der Waals surface area contributed by atoms with Crippen LogP contribution in [0.5, 0.6) is 5.75 Å². The number of nitrogens with two attached hydrogens (primary N) is 1. The van der Waals surface area contributed by atoms with Gasteiger partial charge in [0.05, 0.1) is 30.7 Å². The van der Waals surface area contributed by atoms with E-state index in [4.69, 9.17) is 10.5 Å². The summed E-state index contributed by atoms with van der Waals surface area (Å²) in [5.74, 6) is 0.133. The number of carbonyl (C=O) groups is 2. The fraction of sp³-hybridized carbons (Fsp3) is 0.421. The number of ether oxygens (including phenoxy) is 1. The number of nitrogens with one attached hydrogen (secondary N) is 2.